The Morgan fingerprint density at radius 2 is 1.73 bits per heavy atom. The van der Waals surface area contributed by atoms with Crippen molar-refractivity contribution in [1.29, 1.82) is 0 Å². The van der Waals surface area contributed by atoms with Crippen LogP contribution in [-0.2, 0) is 17.9 Å². The monoisotopic (exact) mass is 408 g/mol. The number of benzene rings is 3. The summed E-state index contributed by atoms with van der Waals surface area (Å²) in [6, 6.07) is 17.6. The van der Waals surface area contributed by atoms with E-state index < -0.39 is 23.1 Å². The van der Waals surface area contributed by atoms with E-state index >= 15 is 0 Å². The van der Waals surface area contributed by atoms with Gasteiger partial charge in [0.25, 0.3) is 11.8 Å². The van der Waals surface area contributed by atoms with Gasteiger partial charge in [-0.2, -0.15) is 0 Å². The topological polar surface area (TPSA) is 58.6 Å². The predicted octanol–water partition coefficient (Wildman–Crippen LogP) is 4.14. The van der Waals surface area contributed by atoms with Gasteiger partial charge in [0.15, 0.2) is 6.61 Å². The van der Waals surface area contributed by atoms with Gasteiger partial charge in [-0.25, -0.2) is 8.78 Å². The van der Waals surface area contributed by atoms with E-state index in [9.17, 15) is 18.4 Å². The highest BCUT2D eigenvalue weighted by Gasteiger charge is 2.23. The van der Waals surface area contributed by atoms with Gasteiger partial charge in [-0.1, -0.05) is 36.4 Å². The van der Waals surface area contributed by atoms with Crippen LogP contribution in [0.3, 0.4) is 0 Å². The lowest BCUT2D eigenvalue weighted by atomic mass is 10.1. The maximum absolute atomic E-state index is 13.9. The van der Waals surface area contributed by atoms with E-state index in [-0.39, 0.29) is 19.1 Å². The van der Waals surface area contributed by atoms with E-state index in [0.717, 1.165) is 17.7 Å². The zero-order valence-electron chi connectivity index (χ0n) is 15.9. The van der Waals surface area contributed by atoms with E-state index in [1.165, 1.54) is 6.07 Å². The van der Waals surface area contributed by atoms with Crippen molar-refractivity contribution in [3.05, 3.63) is 95.1 Å². The molecule has 0 spiro atoms. The van der Waals surface area contributed by atoms with Crippen LogP contribution in [0, 0.1) is 11.6 Å². The number of carbonyl (C=O) groups is 2. The van der Waals surface area contributed by atoms with Crippen LogP contribution in [0.2, 0.25) is 0 Å². The summed E-state index contributed by atoms with van der Waals surface area (Å²) in [6.07, 6.45) is 0. The van der Waals surface area contributed by atoms with Gasteiger partial charge < -0.3 is 15.0 Å². The van der Waals surface area contributed by atoms with E-state index in [2.05, 4.69) is 5.32 Å². The minimum Gasteiger partial charge on any atom is -0.483 e. The fourth-order valence-electron chi connectivity index (χ4n) is 3.30. The third-order valence-electron chi connectivity index (χ3n) is 4.79. The molecule has 7 heteroatoms. The van der Waals surface area contributed by atoms with Crippen LogP contribution in [0.1, 0.15) is 21.5 Å². The lowest BCUT2D eigenvalue weighted by Gasteiger charge is -2.20. The number of halogens is 2. The van der Waals surface area contributed by atoms with Gasteiger partial charge in [0, 0.05) is 24.3 Å². The summed E-state index contributed by atoms with van der Waals surface area (Å²) in [5, 5.41) is 2.51. The Bertz CT molecular complexity index is 1080. The summed E-state index contributed by atoms with van der Waals surface area (Å²) >= 11 is 0. The molecular formula is C23H18F2N2O3. The van der Waals surface area contributed by atoms with Gasteiger partial charge in [0.1, 0.15) is 22.9 Å². The second-order valence-corrected chi connectivity index (χ2v) is 6.90. The Kier molecular flexibility index (Phi) is 5.43. The summed E-state index contributed by atoms with van der Waals surface area (Å²) in [7, 11) is 0. The van der Waals surface area contributed by atoms with Crippen molar-refractivity contribution in [3.63, 3.8) is 0 Å². The van der Waals surface area contributed by atoms with Crippen molar-refractivity contribution in [3.8, 4) is 5.75 Å². The molecule has 0 atom stereocenters. The predicted molar refractivity (Wildman–Crippen MR) is 107 cm³/mol. The van der Waals surface area contributed by atoms with Crippen molar-refractivity contribution in [2.75, 3.05) is 11.9 Å². The lowest BCUT2D eigenvalue weighted by Crippen LogP contribution is -2.31. The number of fused-ring (bicyclic) bond motifs is 1. The minimum absolute atomic E-state index is 0.0913. The molecule has 3 aromatic rings. The average Bonchev–Trinajstić information content (AvgIpc) is 2.87. The zero-order chi connectivity index (χ0) is 21.1. The first-order valence-corrected chi connectivity index (χ1v) is 9.34. The molecule has 1 aliphatic heterocycles. The van der Waals surface area contributed by atoms with Gasteiger partial charge in [-0.05, 0) is 35.9 Å². The molecule has 3 aromatic carbocycles. The molecule has 0 bridgehead atoms. The maximum atomic E-state index is 13.9. The number of nitrogens with one attached hydrogen (secondary N) is 1. The summed E-state index contributed by atoms with van der Waals surface area (Å²) < 4.78 is 33.3. The van der Waals surface area contributed by atoms with Gasteiger partial charge in [-0.3, -0.25) is 9.59 Å². The number of ether oxygens (including phenoxy) is 1. The number of nitrogens with zero attached hydrogens (tertiary/aromatic N) is 1. The third kappa shape index (κ3) is 4.15. The van der Waals surface area contributed by atoms with E-state index in [0.29, 0.717) is 23.5 Å². The maximum Gasteiger partial charge on any atom is 0.261 e. The first-order chi connectivity index (χ1) is 14.5. The molecule has 1 N–H and O–H groups in total. The van der Waals surface area contributed by atoms with E-state index in [1.807, 2.05) is 30.3 Å². The molecular weight excluding hydrogens is 390 g/mol. The van der Waals surface area contributed by atoms with Crippen molar-refractivity contribution < 1.29 is 23.1 Å². The van der Waals surface area contributed by atoms with Crippen molar-refractivity contribution in [2.45, 2.75) is 13.1 Å². The molecule has 0 aliphatic carbocycles. The molecule has 0 radical (unpaired) electrons. The number of hydrogen-bond donors (Lipinski definition) is 1. The highest BCUT2D eigenvalue weighted by atomic mass is 19.1. The van der Waals surface area contributed by atoms with Crippen LogP contribution in [-0.4, -0.2) is 23.3 Å². The zero-order valence-corrected chi connectivity index (χ0v) is 15.9. The molecule has 0 fully saturated rings. The van der Waals surface area contributed by atoms with E-state index in [4.69, 9.17) is 4.74 Å². The average molecular weight is 408 g/mol. The van der Waals surface area contributed by atoms with Crippen LogP contribution in [0.5, 0.6) is 5.75 Å². The molecule has 4 rings (SSSR count). The van der Waals surface area contributed by atoms with Crippen LogP contribution >= 0.6 is 0 Å². The number of hydrogen-bond acceptors (Lipinski definition) is 3. The van der Waals surface area contributed by atoms with Crippen LogP contribution in [0.4, 0.5) is 14.5 Å². The molecule has 2 amide bonds. The Labute approximate surface area is 171 Å². The molecule has 0 saturated heterocycles. The Morgan fingerprint density at radius 1 is 1.00 bits per heavy atom. The SMILES string of the molecule is O=C(Nc1ccc2c(c1)CN(Cc1ccccc1)C(=O)CO2)c1c(F)cccc1F. The Hall–Kier alpha value is -3.74. The normalized spacial score (nSPS) is 13.3. The van der Waals surface area contributed by atoms with Crippen molar-refractivity contribution in [2.24, 2.45) is 0 Å². The number of rotatable bonds is 4. The van der Waals surface area contributed by atoms with Gasteiger partial charge >= 0.3 is 0 Å². The highest BCUT2D eigenvalue weighted by Crippen LogP contribution is 2.28. The van der Waals surface area contributed by atoms with Gasteiger partial charge in [0.05, 0.1) is 0 Å². The summed E-state index contributed by atoms with van der Waals surface area (Å²) in [6.45, 7) is 0.603. The largest absolute Gasteiger partial charge is 0.483 e. The molecule has 0 aromatic heterocycles. The molecule has 5 nitrogen and oxygen atoms in total. The second kappa shape index (κ2) is 8.32. The molecule has 1 heterocycles. The lowest BCUT2D eigenvalue weighted by molar-refractivity contribution is -0.133. The number of carbonyl (C=O) groups excluding carboxylic acids is 2. The summed E-state index contributed by atoms with van der Waals surface area (Å²) in [5.41, 5.74) is 1.36. The number of anilines is 1. The van der Waals surface area contributed by atoms with Crippen molar-refractivity contribution in [1.82, 2.24) is 4.90 Å². The highest BCUT2D eigenvalue weighted by molar-refractivity contribution is 6.04. The first kappa shape index (κ1) is 19.6. The summed E-state index contributed by atoms with van der Waals surface area (Å²) in [4.78, 5) is 26.5. The second-order valence-electron chi connectivity index (χ2n) is 6.90. The number of amides is 2. The quantitative estimate of drug-likeness (QED) is 0.706. The molecule has 0 saturated carbocycles. The standard InChI is InChI=1S/C23H18F2N2O3/c24-18-7-4-8-19(25)22(18)23(29)26-17-9-10-20-16(11-17)13-27(21(28)14-30-20)12-15-5-2-1-3-6-15/h1-11H,12-14H2,(H,26,29). The fraction of sp³-hybridized carbons (Fsp3) is 0.130. The molecule has 30 heavy (non-hydrogen) atoms. The Balaban J connectivity index is 1.56. The van der Waals surface area contributed by atoms with Crippen molar-refractivity contribution >= 4 is 17.5 Å². The van der Waals surface area contributed by atoms with E-state index in [1.54, 1.807) is 23.1 Å². The van der Waals surface area contributed by atoms with Gasteiger partial charge in [0.2, 0.25) is 0 Å². The Morgan fingerprint density at radius 3 is 2.47 bits per heavy atom. The fourth-order valence-corrected chi connectivity index (χ4v) is 3.30. The van der Waals surface area contributed by atoms with Crippen LogP contribution in [0.15, 0.2) is 66.7 Å². The van der Waals surface area contributed by atoms with Crippen LogP contribution < -0.4 is 10.1 Å². The molecule has 0 unspecified atom stereocenters. The smallest absolute Gasteiger partial charge is 0.261 e. The molecule has 1 aliphatic rings. The minimum atomic E-state index is -0.940. The summed E-state index contributed by atoms with van der Waals surface area (Å²) in [5.74, 6) is -2.41. The third-order valence-corrected chi connectivity index (χ3v) is 4.79. The first-order valence-electron chi connectivity index (χ1n) is 9.34. The van der Waals surface area contributed by atoms with Crippen LogP contribution in [0.25, 0.3) is 0 Å². The molecule has 152 valence electrons. The van der Waals surface area contributed by atoms with Gasteiger partial charge in [-0.15, -0.1) is 0 Å².